The van der Waals surface area contributed by atoms with Crippen LogP contribution < -0.4 is 8.92 Å². The van der Waals surface area contributed by atoms with E-state index in [1.54, 1.807) is 32.3 Å². The Morgan fingerprint density at radius 1 is 1.00 bits per heavy atom. The summed E-state index contributed by atoms with van der Waals surface area (Å²) < 4.78 is 80.3. The molecule has 188 valence electrons. The van der Waals surface area contributed by atoms with E-state index in [1.807, 2.05) is 0 Å². The number of alkyl halides is 3. The maximum Gasteiger partial charge on any atom is 0.416 e. The van der Waals surface area contributed by atoms with E-state index in [9.17, 15) is 26.4 Å². The van der Waals surface area contributed by atoms with Gasteiger partial charge >= 0.3 is 22.3 Å². The van der Waals surface area contributed by atoms with Crippen LogP contribution in [0.15, 0.2) is 70.2 Å². The van der Waals surface area contributed by atoms with E-state index < -0.39 is 26.8 Å². The molecule has 0 aliphatic carbocycles. The Kier molecular flexibility index (Phi) is 7.64. The minimum absolute atomic E-state index is 0.0424. The maximum atomic E-state index is 13.0. The molecule has 0 atom stereocenters. The number of furan rings is 1. The summed E-state index contributed by atoms with van der Waals surface area (Å²) in [5, 5.41) is 0. The van der Waals surface area contributed by atoms with Gasteiger partial charge in [0.05, 0.1) is 25.5 Å². The Labute approximate surface area is 200 Å². The van der Waals surface area contributed by atoms with Crippen LogP contribution in [0.1, 0.15) is 16.9 Å². The molecule has 3 rings (SSSR count). The topological polar surface area (TPSA) is 89.3 Å². The molecule has 0 unspecified atom stereocenters. The van der Waals surface area contributed by atoms with Gasteiger partial charge in [-0.1, -0.05) is 12.1 Å². The van der Waals surface area contributed by atoms with Crippen LogP contribution in [0.2, 0.25) is 0 Å². The number of methoxy groups -OCH3 is 1. The number of hydrogen-bond donors (Lipinski definition) is 0. The first-order valence-corrected chi connectivity index (χ1v) is 11.6. The number of carbonyl (C=O) groups excluding carboxylic acids is 1. The molecule has 0 N–H and O–H groups in total. The van der Waals surface area contributed by atoms with Crippen molar-refractivity contribution < 1.29 is 39.7 Å². The smallest absolute Gasteiger partial charge is 0.416 e. The standard InChI is InChI=1S/C23H23F3N2O6S/c1-27(2)22(29)28(15-18-7-5-11-33-18)14-16-9-10-20(32-3)21(12-16)34-35(30,31)19-8-4-6-17(13-19)23(24,25)26/h4-13H,14-15H2,1-3H3. The van der Waals surface area contributed by atoms with Crippen LogP contribution in [-0.4, -0.2) is 45.5 Å². The Hall–Kier alpha value is -3.67. The zero-order chi connectivity index (χ0) is 25.8. The lowest BCUT2D eigenvalue weighted by Gasteiger charge is -2.25. The van der Waals surface area contributed by atoms with Crippen LogP contribution in [0.3, 0.4) is 0 Å². The summed E-state index contributed by atoms with van der Waals surface area (Å²) in [6, 6.07) is 10.7. The first-order chi connectivity index (χ1) is 16.4. The highest BCUT2D eigenvalue weighted by molar-refractivity contribution is 7.87. The van der Waals surface area contributed by atoms with Crippen molar-refractivity contribution in [2.24, 2.45) is 0 Å². The lowest BCUT2D eigenvalue weighted by molar-refractivity contribution is -0.137. The van der Waals surface area contributed by atoms with E-state index in [0.717, 1.165) is 18.2 Å². The number of nitrogens with zero attached hydrogens (tertiary/aromatic N) is 2. The molecule has 2 aromatic carbocycles. The lowest BCUT2D eigenvalue weighted by atomic mass is 10.2. The second-order valence-corrected chi connectivity index (χ2v) is 9.21. The van der Waals surface area contributed by atoms with Gasteiger partial charge in [-0.3, -0.25) is 0 Å². The van der Waals surface area contributed by atoms with Gasteiger partial charge in [0.1, 0.15) is 10.7 Å². The molecule has 0 fully saturated rings. The van der Waals surface area contributed by atoms with Crippen LogP contribution in [-0.2, 0) is 29.4 Å². The third kappa shape index (κ3) is 6.47. The minimum Gasteiger partial charge on any atom is -0.493 e. The highest BCUT2D eigenvalue weighted by atomic mass is 32.2. The Balaban J connectivity index is 1.91. The van der Waals surface area contributed by atoms with Crippen molar-refractivity contribution in [1.82, 2.24) is 9.80 Å². The van der Waals surface area contributed by atoms with Crippen LogP contribution in [0.4, 0.5) is 18.0 Å². The third-order valence-electron chi connectivity index (χ3n) is 4.83. The zero-order valence-electron chi connectivity index (χ0n) is 19.1. The Bertz CT molecular complexity index is 1270. The molecule has 0 radical (unpaired) electrons. The first kappa shape index (κ1) is 25.9. The van der Waals surface area contributed by atoms with Crippen molar-refractivity contribution in [2.45, 2.75) is 24.2 Å². The second kappa shape index (κ2) is 10.3. The molecule has 2 amide bonds. The zero-order valence-corrected chi connectivity index (χ0v) is 19.9. The largest absolute Gasteiger partial charge is 0.493 e. The summed E-state index contributed by atoms with van der Waals surface area (Å²) in [5.41, 5.74) is -0.638. The number of amides is 2. The third-order valence-corrected chi connectivity index (χ3v) is 6.06. The van der Waals surface area contributed by atoms with Gasteiger partial charge in [0.25, 0.3) is 0 Å². The number of ether oxygens (including phenoxy) is 1. The van der Waals surface area contributed by atoms with Crippen molar-refractivity contribution in [3.8, 4) is 11.5 Å². The van der Waals surface area contributed by atoms with Gasteiger partial charge in [0, 0.05) is 20.6 Å². The summed E-state index contributed by atoms with van der Waals surface area (Å²) >= 11 is 0. The van der Waals surface area contributed by atoms with Crippen LogP contribution in [0, 0.1) is 0 Å². The van der Waals surface area contributed by atoms with Crippen LogP contribution in [0.5, 0.6) is 11.5 Å². The van der Waals surface area contributed by atoms with Crippen LogP contribution in [0.25, 0.3) is 0 Å². The van der Waals surface area contributed by atoms with E-state index in [1.165, 1.54) is 35.3 Å². The van der Waals surface area contributed by atoms with Crippen LogP contribution >= 0.6 is 0 Å². The average Bonchev–Trinajstić information content (AvgIpc) is 3.31. The van der Waals surface area contributed by atoms with Gasteiger partial charge in [-0.05, 0) is 48.0 Å². The fourth-order valence-corrected chi connectivity index (χ4v) is 4.14. The van der Waals surface area contributed by atoms with E-state index in [-0.39, 0.29) is 30.6 Å². The normalized spacial score (nSPS) is 11.7. The van der Waals surface area contributed by atoms with Gasteiger partial charge in [-0.25, -0.2) is 4.79 Å². The number of hydrogen-bond acceptors (Lipinski definition) is 6. The van der Waals surface area contributed by atoms with Crippen molar-refractivity contribution in [3.63, 3.8) is 0 Å². The SMILES string of the molecule is COc1ccc(CN(Cc2ccco2)C(=O)N(C)C)cc1OS(=O)(=O)c1cccc(C(F)(F)F)c1. The molecular formula is C23H23F3N2O6S. The number of carbonyl (C=O) groups is 1. The van der Waals surface area contributed by atoms with Gasteiger partial charge in [0.2, 0.25) is 0 Å². The molecule has 3 aromatic rings. The molecule has 1 heterocycles. The molecule has 0 aliphatic heterocycles. The molecule has 0 aliphatic rings. The highest BCUT2D eigenvalue weighted by Crippen LogP contribution is 2.34. The average molecular weight is 513 g/mol. The second-order valence-electron chi connectivity index (χ2n) is 7.66. The number of urea groups is 1. The quantitative estimate of drug-likeness (QED) is 0.405. The molecule has 8 nitrogen and oxygen atoms in total. The minimum atomic E-state index is -4.72. The predicted molar refractivity (Wildman–Crippen MR) is 119 cm³/mol. The summed E-state index contributed by atoms with van der Waals surface area (Å²) in [5.74, 6) is 0.343. The van der Waals surface area contributed by atoms with Gasteiger partial charge < -0.3 is 23.1 Å². The Morgan fingerprint density at radius 3 is 2.34 bits per heavy atom. The van der Waals surface area contributed by atoms with Crippen molar-refractivity contribution in [2.75, 3.05) is 21.2 Å². The number of rotatable bonds is 8. The molecule has 0 saturated carbocycles. The molecule has 1 aromatic heterocycles. The van der Waals surface area contributed by atoms with Crippen molar-refractivity contribution in [1.29, 1.82) is 0 Å². The van der Waals surface area contributed by atoms with Gasteiger partial charge in [-0.15, -0.1) is 0 Å². The van der Waals surface area contributed by atoms with E-state index in [4.69, 9.17) is 13.3 Å². The maximum absolute atomic E-state index is 13.0. The van der Waals surface area contributed by atoms with E-state index in [2.05, 4.69) is 0 Å². The predicted octanol–water partition coefficient (Wildman–Crippen LogP) is 4.76. The number of benzene rings is 2. The summed E-state index contributed by atoms with van der Waals surface area (Å²) in [7, 11) is -0.169. The fourth-order valence-electron chi connectivity index (χ4n) is 3.16. The molecule has 0 saturated heterocycles. The molecular weight excluding hydrogens is 489 g/mol. The summed E-state index contributed by atoms with van der Waals surface area (Å²) in [4.78, 5) is 14.9. The van der Waals surface area contributed by atoms with E-state index >= 15 is 0 Å². The molecule has 0 bridgehead atoms. The summed E-state index contributed by atoms with van der Waals surface area (Å²) in [6.45, 7) is 0.205. The molecule has 35 heavy (non-hydrogen) atoms. The molecule has 0 spiro atoms. The molecule has 12 heteroatoms. The van der Waals surface area contributed by atoms with Crippen molar-refractivity contribution >= 4 is 16.1 Å². The number of halogens is 3. The van der Waals surface area contributed by atoms with Gasteiger partial charge in [-0.2, -0.15) is 21.6 Å². The highest BCUT2D eigenvalue weighted by Gasteiger charge is 2.32. The van der Waals surface area contributed by atoms with Gasteiger partial charge in [0.15, 0.2) is 11.5 Å². The lowest BCUT2D eigenvalue weighted by Crippen LogP contribution is -2.38. The summed E-state index contributed by atoms with van der Waals surface area (Å²) in [6.07, 6.45) is -3.24. The first-order valence-electron chi connectivity index (χ1n) is 10.2. The van der Waals surface area contributed by atoms with Crippen molar-refractivity contribution in [3.05, 3.63) is 77.7 Å². The fraction of sp³-hybridized carbons (Fsp3) is 0.261. The Morgan fingerprint density at radius 2 is 1.74 bits per heavy atom. The van der Waals surface area contributed by atoms with E-state index in [0.29, 0.717) is 17.4 Å². The monoisotopic (exact) mass is 512 g/mol.